The molecule has 0 saturated carbocycles. The Balaban J connectivity index is 2.00. The Kier molecular flexibility index (Phi) is 3.69. The van der Waals surface area contributed by atoms with Gasteiger partial charge in [-0.2, -0.15) is 0 Å². The maximum absolute atomic E-state index is 11.1. The van der Waals surface area contributed by atoms with Crippen LogP contribution < -0.4 is 0 Å². The highest BCUT2D eigenvalue weighted by Gasteiger charge is 2.13. The van der Waals surface area contributed by atoms with E-state index in [1.807, 2.05) is 60.1 Å². The minimum atomic E-state index is 0.0308. The fourth-order valence-corrected chi connectivity index (χ4v) is 3.70. The Morgan fingerprint density at radius 1 is 1.07 bits per heavy atom. The summed E-state index contributed by atoms with van der Waals surface area (Å²) in [6.45, 7) is 6.43. The van der Waals surface area contributed by atoms with E-state index in [9.17, 15) is 5.11 Å². The van der Waals surface area contributed by atoms with Gasteiger partial charge in [0, 0.05) is 28.7 Å². The lowest BCUT2D eigenvalue weighted by Crippen LogP contribution is -1.94. The number of hydrogen-bond donors (Lipinski definition) is 2. The zero-order valence-electron chi connectivity index (χ0n) is 17.0. The molecular weight excluding hydrogens is 360 g/mol. The van der Waals surface area contributed by atoms with Gasteiger partial charge >= 0.3 is 0 Å². The maximum Gasteiger partial charge on any atom is 0.165 e. The van der Waals surface area contributed by atoms with Crippen molar-refractivity contribution in [1.82, 2.24) is 19.5 Å². The number of nitrogens with zero attached hydrogens (tertiary/aromatic N) is 3. The first kappa shape index (κ1) is 16.1. The fraction of sp³-hybridized carbons (Fsp3) is 0.0833. The first-order chi connectivity index (χ1) is 14.6. The predicted octanol–water partition coefficient (Wildman–Crippen LogP) is 5.50. The van der Waals surface area contributed by atoms with E-state index in [1.54, 1.807) is 12.2 Å². The molecule has 0 amide bonds. The molecule has 0 saturated heterocycles. The highest BCUT2D eigenvalue weighted by molar-refractivity contribution is 5.87. The van der Waals surface area contributed by atoms with Crippen LogP contribution in [0.25, 0.3) is 52.4 Å². The van der Waals surface area contributed by atoms with Crippen LogP contribution in [0.15, 0.2) is 43.0 Å². The number of aryl methyl sites for hydroxylation is 1. The summed E-state index contributed by atoms with van der Waals surface area (Å²) in [4.78, 5) is 12.6. The molecule has 2 aliphatic heterocycles. The number of nitrogens with one attached hydrogen (secondary N) is 1. The van der Waals surface area contributed by atoms with Crippen LogP contribution in [-0.4, -0.2) is 24.6 Å². The number of aromatic amines is 1. The van der Waals surface area contributed by atoms with Crippen LogP contribution in [0.1, 0.15) is 36.6 Å². The quantitative estimate of drug-likeness (QED) is 0.424. The maximum atomic E-state index is 11.1. The summed E-state index contributed by atoms with van der Waals surface area (Å²) in [5.41, 5.74) is 6.42. The Bertz CT molecular complexity index is 1420. The number of H-pyrrole nitrogens is 1. The SMILES string of the molecule is [2H]c1c(C=C)c2c(O)c3nc(cc4ccc(cc5nc(cc1n2CC)C=C5)[nH]4)C=C3. The Hall–Kier alpha value is -3.86. The molecule has 3 aromatic heterocycles. The molecule has 2 aliphatic rings. The van der Waals surface area contributed by atoms with E-state index in [0.29, 0.717) is 34.9 Å². The average molecular weight is 381 g/mol. The van der Waals surface area contributed by atoms with Crippen LogP contribution in [0.3, 0.4) is 0 Å². The monoisotopic (exact) mass is 381 g/mol. The lowest BCUT2D eigenvalue weighted by molar-refractivity contribution is 0.474. The highest BCUT2D eigenvalue weighted by atomic mass is 16.3. The van der Waals surface area contributed by atoms with Crippen molar-refractivity contribution in [2.24, 2.45) is 0 Å². The molecule has 142 valence electrons. The molecule has 0 fully saturated rings. The van der Waals surface area contributed by atoms with Gasteiger partial charge in [-0.3, -0.25) is 0 Å². The van der Waals surface area contributed by atoms with Crippen molar-refractivity contribution >= 4 is 52.4 Å². The molecule has 0 unspecified atom stereocenters. The number of rotatable bonds is 2. The first-order valence-electron chi connectivity index (χ1n) is 10.00. The van der Waals surface area contributed by atoms with Gasteiger partial charge in [-0.1, -0.05) is 12.7 Å². The van der Waals surface area contributed by atoms with Gasteiger partial charge in [0.05, 0.1) is 24.0 Å². The molecule has 29 heavy (non-hydrogen) atoms. The van der Waals surface area contributed by atoms with E-state index in [0.717, 1.165) is 28.1 Å². The highest BCUT2D eigenvalue weighted by Crippen LogP contribution is 2.31. The zero-order chi connectivity index (χ0) is 20.8. The van der Waals surface area contributed by atoms with Crippen molar-refractivity contribution in [1.29, 1.82) is 0 Å². The van der Waals surface area contributed by atoms with Crippen molar-refractivity contribution in [3.63, 3.8) is 0 Å². The van der Waals surface area contributed by atoms with Gasteiger partial charge in [-0.15, -0.1) is 0 Å². The van der Waals surface area contributed by atoms with E-state index in [-0.39, 0.29) is 5.75 Å². The molecule has 3 aromatic rings. The van der Waals surface area contributed by atoms with Crippen LogP contribution in [0.5, 0.6) is 5.75 Å². The van der Waals surface area contributed by atoms with Crippen molar-refractivity contribution in [3.8, 4) is 5.75 Å². The lowest BCUT2D eigenvalue weighted by atomic mass is 10.2. The number of aromatic hydroxyl groups is 1. The molecular formula is C24H20N4O. The standard InChI is InChI=1S/C24H20N4O/c1-3-15-11-21-14-20-8-7-17(26-20)12-16-5-6-18(25-16)13-19-9-10-22(27-19)24(29)23(15)28(21)4-2/h3,5-14,25,29H,1,4H2,2H3/i11D. The van der Waals surface area contributed by atoms with Gasteiger partial charge in [-0.05, 0) is 67.6 Å². The summed E-state index contributed by atoms with van der Waals surface area (Å²) in [7, 11) is 0. The first-order valence-corrected chi connectivity index (χ1v) is 9.50. The Morgan fingerprint density at radius 2 is 1.72 bits per heavy atom. The smallest absolute Gasteiger partial charge is 0.165 e. The molecule has 5 heterocycles. The molecule has 5 nitrogen and oxygen atoms in total. The van der Waals surface area contributed by atoms with Gasteiger partial charge in [0.25, 0.3) is 0 Å². The molecule has 0 aliphatic carbocycles. The topological polar surface area (TPSA) is 66.7 Å². The van der Waals surface area contributed by atoms with Gasteiger partial charge in [0.1, 0.15) is 5.69 Å². The summed E-state index contributed by atoms with van der Waals surface area (Å²) in [6, 6.07) is 10.0. The van der Waals surface area contributed by atoms with Crippen LogP contribution in [0, 0.1) is 0 Å². The third kappa shape index (κ3) is 2.97. The summed E-state index contributed by atoms with van der Waals surface area (Å²) >= 11 is 0. The number of aromatic nitrogens is 4. The van der Waals surface area contributed by atoms with Crippen molar-refractivity contribution in [3.05, 3.63) is 71.3 Å². The molecule has 5 heteroatoms. The third-order valence-corrected chi connectivity index (χ3v) is 5.03. The van der Waals surface area contributed by atoms with Gasteiger partial charge in [-0.25, -0.2) is 9.97 Å². The summed E-state index contributed by atoms with van der Waals surface area (Å²) < 4.78 is 10.6. The minimum absolute atomic E-state index is 0.0308. The summed E-state index contributed by atoms with van der Waals surface area (Å²) in [5, 5.41) is 11.1. The van der Waals surface area contributed by atoms with Crippen LogP contribution >= 0.6 is 0 Å². The van der Waals surface area contributed by atoms with Crippen molar-refractivity contribution in [2.75, 3.05) is 0 Å². The second-order valence-corrected chi connectivity index (χ2v) is 6.92. The number of hydrogen-bond acceptors (Lipinski definition) is 3. The van der Waals surface area contributed by atoms with E-state index in [1.165, 1.54) is 0 Å². The molecule has 8 bridgehead atoms. The summed E-state index contributed by atoms with van der Waals surface area (Å²) in [5.74, 6) is 0.0308. The fourth-order valence-electron chi connectivity index (χ4n) is 3.70. The second-order valence-electron chi connectivity index (χ2n) is 6.92. The molecule has 0 radical (unpaired) electrons. The molecule has 2 N–H and O–H groups in total. The molecule has 0 atom stereocenters. The van der Waals surface area contributed by atoms with Crippen molar-refractivity contribution in [2.45, 2.75) is 13.5 Å². The molecule has 0 spiro atoms. The third-order valence-electron chi connectivity index (χ3n) is 5.03. The van der Waals surface area contributed by atoms with Gasteiger partial charge in [0.15, 0.2) is 5.75 Å². The predicted molar refractivity (Wildman–Crippen MR) is 120 cm³/mol. The Labute approximate surface area is 169 Å². The van der Waals surface area contributed by atoms with Crippen LogP contribution in [-0.2, 0) is 6.54 Å². The van der Waals surface area contributed by atoms with E-state index >= 15 is 0 Å². The largest absolute Gasteiger partial charge is 0.504 e. The lowest BCUT2D eigenvalue weighted by Gasteiger charge is -2.04. The summed E-state index contributed by atoms with van der Waals surface area (Å²) in [6.07, 6.45) is 9.13. The normalized spacial score (nSPS) is 12.9. The van der Waals surface area contributed by atoms with Crippen LogP contribution in [0.2, 0.25) is 0 Å². The van der Waals surface area contributed by atoms with Gasteiger partial charge in [0.2, 0.25) is 0 Å². The average Bonchev–Trinajstić information content (AvgIpc) is 3.51. The van der Waals surface area contributed by atoms with E-state index in [2.05, 4.69) is 21.5 Å². The Morgan fingerprint density at radius 3 is 2.41 bits per heavy atom. The van der Waals surface area contributed by atoms with Crippen molar-refractivity contribution < 1.29 is 6.48 Å². The zero-order valence-corrected chi connectivity index (χ0v) is 16.0. The van der Waals surface area contributed by atoms with Gasteiger partial charge < -0.3 is 14.7 Å². The van der Waals surface area contributed by atoms with Crippen LogP contribution in [0.4, 0.5) is 0 Å². The van der Waals surface area contributed by atoms with E-state index < -0.39 is 0 Å². The molecule has 0 aromatic carbocycles. The minimum Gasteiger partial charge on any atom is -0.504 e. The van der Waals surface area contributed by atoms with E-state index in [4.69, 9.17) is 1.37 Å². The molecule has 5 rings (SSSR count). The number of fused-ring (bicyclic) bond motifs is 8. The second kappa shape index (κ2) is 6.63.